The summed E-state index contributed by atoms with van der Waals surface area (Å²) in [4.78, 5) is 26.8. The molecule has 7 heteroatoms. The number of amides is 2. The van der Waals surface area contributed by atoms with Crippen LogP contribution in [0.1, 0.15) is 36.7 Å². The van der Waals surface area contributed by atoms with Crippen molar-refractivity contribution >= 4 is 29.4 Å². The Morgan fingerprint density at radius 1 is 0.909 bits per heavy atom. The minimum Gasteiger partial charge on any atom is -0.340 e. The maximum Gasteiger partial charge on any atom is 0.251 e. The van der Waals surface area contributed by atoms with Crippen LogP contribution in [0.3, 0.4) is 0 Å². The number of halogens is 1. The molecule has 0 unspecified atom stereocenters. The third kappa shape index (κ3) is 8.04. The monoisotopic (exact) mass is 465 g/mol. The van der Waals surface area contributed by atoms with Gasteiger partial charge in [0.05, 0.1) is 0 Å². The first-order chi connectivity index (χ1) is 15.7. The number of hydrogen-bond donors (Lipinski definition) is 3. The van der Waals surface area contributed by atoms with Gasteiger partial charge in [-0.1, -0.05) is 30.3 Å². The van der Waals surface area contributed by atoms with E-state index in [0.717, 1.165) is 10.5 Å². The molecule has 5 nitrogen and oxygen atoms in total. The molecule has 3 aromatic rings. The molecule has 1 atom stereocenters. The van der Waals surface area contributed by atoms with E-state index in [0.29, 0.717) is 12.1 Å². The SMILES string of the molecule is CC(C)(C)NSc1ccc(NC(=O)[C@H](Cc2ccccc2)NC(=O)c2ccc(F)cc2)cc1. The lowest BCUT2D eigenvalue weighted by molar-refractivity contribution is -0.118. The van der Waals surface area contributed by atoms with Gasteiger partial charge in [0.15, 0.2) is 0 Å². The maximum atomic E-state index is 13.2. The highest BCUT2D eigenvalue weighted by Gasteiger charge is 2.22. The molecule has 33 heavy (non-hydrogen) atoms. The molecule has 0 aliphatic carbocycles. The predicted octanol–water partition coefficient (Wildman–Crippen LogP) is 5.20. The van der Waals surface area contributed by atoms with Gasteiger partial charge in [-0.05, 0) is 86.8 Å². The molecule has 0 aliphatic rings. The highest BCUT2D eigenvalue weighted by atomic mass is 32.2. The fourth-order valence-corrected chi connectivity index (χ4v) is 3.65. The van der Waals surface area contributed by atoms with Crippen LogP contribution in [0.5, 0.6) is 0 Å². The Morgan fingerprint density at radius 2 is 1.55 bits per heavy atom. The zero-order valence-corrected chi connectivity index (χ0v) is 19.7. The summed E-state index contributed by atoms with van der Waals surface area (Å²) < 4.78 is 16.5. The van der Waals surface area contributed by atoms with E-state index in [2.05, 4.69) is 36.1 Å². The Kier molecular flexibility index (Phi) is 8.25. The molecule has 2 amide bonds. The van der Waals surface area contributed by atoms with Gasteiger partial charge in [-0.3, -0.25) is 14.3 Å². The highest BCUT2D eigenvalue weighted by Crippen LogP contribution is 2.21. The Hall–Kier alpha value is -3.16. The minimum atomic E-state index is -0.804. The smallest absolute Gasteiger partial charge is 0.251 e. The molecule has 0 aliphatic heterocycles. The van der Waals surface area contributed by atoms with Gasteiger partial charge in [0.25, 0.3) is 5.91 Å². The Bertz CT molecular complexity index is 1070. The van der Waals surface area contributed by atoms with Crippen molar-refractivity contribution in [2.45, 2.75) is 43.7 Å². The molecule has 0 saturated heterocycles. The summed E-state index contributed by atoms with van der Waals surface area (Å²) in [6.07, 6.45) is 0.322. The predicted molar refractivity (Wildman–Crippen MR) is 132 cm³/mol. The summed E-state index contributed by atoms with van der Waals surface area (Å²) in [5.41, 5.74) is 1.81. The fraction of sp³-hybridized carbons (Fsp3) is 0.231. The van der Waals surface area contributed by atoms with Gasteiger partial charge < -0.3 is 10.6 Å². The normalized spacial score (nSPS) is 12.1. The minimum absolute atomic E-state index is 0.0229. The van der Waals surface area contributed by atoms with Crippen molar-refractivity contribution in [2.24, 2.45) is 0 Å². The van der Waals surface area contributed by atoms with Gasteiger partial charge >= 0.3 is 0 Å². The molecular formula is C26H28FN3O2S. The summed E-state index contributed by atoms with van der Waals surface area (Å²) in [7, 11) is 0. The lowest BCUT2D eigenvalue weighted by atomic mass is 10.0. The van der Waals surface area contributed by atoms with E-state index in [1.807, 2.05) is 54.6 Å². The van der Waals surface area contributed by atoms with Crippen LogP contribution in [0, 0.1) is 5.82 Å². The second kappa shape index (κ2) is 11.1. The number of nitrogens with one attached hydrogen (secondary N) is 3. The van der Waals surface area contributed by atoms with E-state index in [9.17, 15) is 14.0 Å². The van der Waals surface area contributed by atoms with Crippen LogP contribution in [-0.2, 0) is 11.2 Å². The van der Waals surface area contributed by atoms with Crippen molar-refractivity contribution in [2.75, 3.05) is 5.32 Å². The summed E-state index contributed by atoms with van der Waals surface area (Å²) in [6.45, 7) is 6.26. The van der Waals surface area contributed by atoms with E-state index >= 15 is 0 Å². The van der Waals surface area contributed by atoms with Crippen molar-refractivity contribution in [1.29, 1.82) is 0 Å². The number of benzene rings is 3. The Morgan fingerprint density at radius 3 is 2.15 bits per heavy atom. The van der Waals surface area contributed by atoms with E-state index < -0.39 is 17.8 Å². The van der Waals surface area contributed by atoms with Crippen LogP contribution in [0.4, 0.5) is 10.1 Å². The zero-order chi connectivity index (χ0) is 23.8. The number of carbonyl (C=O) groups excluding carboxylic acids is 2. The van der Waals surface area contributed by atoms with Crippen LogP contribution in [0.15, 0.2) is 83.8 Å². The maximum absolute atomic E-state index is 13.2. The average Bonchev–Trinajstić information content (AvgIpc) is 2.78. The molecule has 0 radical (unpaired) electrons. The lowest BCUT2D eigenvalue weighted by Gasteiger charge is -2.20. The molecule has 3 N–H and O–H groups in total. The lowest BCUT2D eigenvalue weighted by Crippen LogP contribution is -2.45. The molecule has 0 fully saturated rings. The van der Waals surface area contributed by atoms with Gasteiger partial charge in [-0.15, -0.1) is 0 Å². The molecule has 3 aromatic carbocycles. The highest BCUT2D eigenvalue weighted by molar-refractivity contribution is 7.97. The zero-order valence-electron chi connectivity index (χ0n) is 18.9. The molecule has 0 saturated carbocycles. The second-order valence-corrected chi connectivity index (χ2v) is 9.57. The van der Waals surface area contributed by atoms with Crippen molar-refractivity contribution in [3.05, 3.63) is 95.8 Å². The van der Waals surface area contributed by atoms with Crippen LogP contribution < -0.4 is 15.4 Å². The number of hydrogen-bond acceptors (Lipinski definition) is 4. The van der Waals surface area contributed by atoms with E-state index in [4.69, 9.17) is 0 Å². The Labute approximate surface area is 198 Å². The van der Waals surface area contributed by atoms with E-state index in [-0.39, 0.29) is 17.0 Å². The largest absolute Gasteiger partial charge is 0.340 e. The second-order valence-electron chi connectivity index (χ2n) is 8.69. The molecular weight excluding hydrogens is 437 g/mol. The van der Waals surface area contributed by atoms with Gasteiger partial charge in [-0.25, -0.2) is 4.39 Å². The third-order valence-electron chi connectivity index (χ3n) is 4.61. The molecule has 172 valence electrons. The van der Waals surface area contributed by atoms with Crippen LogP contribution in [-0.4, -0.2) is 23.4 Å². The fourth-order valence-electron chi connectivity index (χ4n) is 2.95. The molecule has 0 spiro atoms. The summed E-state index contributed by atoms with van der Waals surface area (Å²) in [6, 6.07) is 21.4. The first-order valence-corrected chi connectivity index (χ1v) is 11.5. The van der Waals surface area contributed by atoms with Crippen molar-refractivity contribution < 1.29 is 14.0 Å². The Balaban J connectivity index is 1.70. The number of anilines is 1. The van der Waals surface area contributed by atoms with Gasteiger partial charge in [0.2, 0.25) is 5.91 Å². The molecule has 0 heterocycles. The first-order valence-electron chi connectivity index (χ1n) is 10.6. The van der Waals surface area contributed by atoms with Gasteiger partial charge in [0.1, 0.15) is 11.9 Å². The average molecular weight is 466 g/mol. The number of carbonyl (C=O) groups is 2. The van der Waals surface area contributed by atoms with Crippen LogP contribution >= 0.6 is 11.9 Å². The molecule has 0 bridgehead atoms. The van der Waals surface area contributed by atoms with Crippen molar-refractivity contribution in [3.63, 3.8) is 0 Å². The van der Waals surface area contributed by atoms with E-state index in [1.54, 1.807) is 0 Å². The summed E-state index contributed by atoms with van der Waals surface area (Å²) in [5, 5.41) is 5.67. The number of rotatable bonds is 8. The standard InChI is InChI=1S/C26H28FN3O2S/c1-26(2,3)30-33-22-15-13-21(14-16-22)28-25(32)23(17-18-7-5-4-6-8-18)29-24(31)19-9-11-20(27)12-10-19/h4-16,23,30H,17H2,1-3H3,(H,28,32)(H,29,31)/t23-/m0/s1. The first kappa shape index (κ1) is 24.5. The van der Waals surface area contributed by atoms with Gasteiger partial charge in [0, 0.05) is 28.1 Å². The third-order valence-corrected chi connectivity index (χ3v) is 5.83. The topological polar surface area (TPSA) is 70.2 Å². The quantitative estimate of drug-likeness (QED) is 0.400. The van der Waals surface area contributed by atoms with Gasteiger partial charge in [-0.2, -0.15) is 0 Å². The van der Waals surface area contributed by atoms with Crippen LogP contribution in [0.25, 0.3) is 0 Å². The summed E-state index contributed by atoms with van der Waals surface area (Å²) in [5.74, 6) is -1.20. The van der Waals surface area contributed by atoms with Crippen LogP contribution in [0.2, 0.25) is 0 Å². The van der Waals surface area contributed by atoms with Crippen molar-refractivity contribution in [1.82, 2.24) is 10.0 Å². The molecule has 0 aromatic heterocycles. The van der Waals surface area contributed by atoms with E-state index in [1.165, 1.54) is 36.2 Å². The summed E-state index contributed by atoms with van der Waals surface area (Å²) >= 11 is 1.52. The van der Waals surface area contributed by atoms with Crippen molar-refractivity contribution in [3.8, 4) is 0 Å². The molecule has 3 rings (SSSR count).